The van der Waals surface area contributed by atoms with Crippen LogP contribution in [0.15, 0.2) is 50.7 Å². The molecule has 2 aromatic rings. The van der Waals surface area contributed by atoms with Crippen molar-refractivity contribution in [1.82, 2.24) is 5.32 Å². The van der Waals surface area contributed by atoms with Crippen LogP contribution in [0.1, 0.15) is 21.9 Å². The molecular weight excluding hydrogens is 326 g/mol. The molecule has 0 aliphatic carbocycles. The van der Waals surface area contributed by atoms with Gasteiger partial charge < -0.3 is 20.2 Å². The Morgan fingerprint density at radius 2 is 2.12 bits per heavy atom. The van der Waals surface area contributed by atoms with Gasteiger partial charge in [0.2, 0.25) is 16.9 Å². The number of carbonyl (C=O) groups excluding carboxylic acids is 1. The number of nitrogens with zero attached hydrogens (tertiary/aromatic N) is 3. The van der Waals surface area contributed by atoms with Gasteiger partial charge in [-0.05, 0) is 11.1 Å². The molecule has 0 unspecified atom stereocenters. The predicted octanol–water partition coefficient (Wildman–Crippen LogP) is 1.72. The fourth-order valence-corrected chi connectivity index (χ4v) is 1.99. The van der Waals surface area contributed by atoms with Crippen LogP contribution in [-0.4, -0.2) is 19.0 Å². The van der Waals surface area contributed by atoms with Crippen LogP contribution in [0.3, 0.4) is 0 Å². The summed E-state index contributed by atoms with van der Waals surface area (Å²) in [6, 6.07) is 10.3. The Labute approximate surface area is 143 Å². The molecule has 0 aliphatic heterocycles. The smallest absolute Gasteiger partial charge is 0.291 e. The Kier molecular flexibility index (Phi) is 6.58. The summed E-state index contributed by atoms with van der Waals surface area (Å²) in [4.78, 5) is 27.1. The number of hydrogen-bond donors (Lipinski definition) is 2. The van der Waals surface area contributed by atoms with Crippen molar-refractivity contribution in [3.05, 3.63) is 74.1 Å². The molecule has 0 saturated carbocycles. The lowest BCUT2D eigenvalue weighted by molar-refractivity contribution is 0.0913. The summed E-state index contributed by atoms with van der Waals surface area (Å²) in [5.74, 6) is -1.05. The van der Waals surface area contributed by atoms with Crippen molar-refractivity contribution in [3.63, 3.8) is 0 Å². The van der Waals surface area contributed by atoms with E-state index in [4.69, 9.17) is 20.4 Å². The van der Waals surface area contributed by atoms with E-state index in [-0.39, 0.29) is 43.5 Å². The zero-order valence-corrected chi connectivity index (χ0v) is 13.3. The number of amides is 1. The highest BCUT2D eigenvalue weighted by Crippen LogP contribution is 2.18. The van der Waals surface area contributed by atoms with Crippen LogP contribution in [0.5, 0.6) is 5.75 Å². The van der Waals surface area contributed by atoms with Crippen LogP contribution in [-0.2, 0) is 13.2 Å². The molecule has 9 nitrogen and oxygen atoms in total. The van der Waals surface area contributed by atoms with Gasteiger partial charge in [0.05, 0.1) is 6.54 Å². The number of nitrogens with two attached hydrogens (primary N) is 1. The second-order valence-electron chi connectivity index (χ2n) is 4.94. The van der Waals surface area contributed by atoms with Gasteiger partial charge in [0, 0.05) is 24.1 Å². The predicted molar refractivity (Wildman–Crippen MR) is 90.0 cm³/mol. The largest absolute Gasteiger partial charge is 0.481 e. The molecule has 0 fully saturated rings. The van der Waals surface area contributed by atoms with Crippen LogP contribution in [0.2, 0.25) is 0 Å². The maximum Gasteiger partial charge on any atom is 0.291 e. The van der Waals surface area contributed by atoms with E-state index in [9.17, 15) is 9.59 Å². The normalized spacial score (nSPS) is 9.96. The van der Waals surface area contributed by atoms with Gasteiger partial charge in [0.25, 0.3) is 5.91 Å². The second kappa shape index (κ2) is 9.11. The van der Waals surface area contributed by atoms with Gasteiger partial charge in [-0.3, -0.25) is 9.59 Å². The van der Waals surface area contributed by atoms with Crippen LogP contribution in [0.25, 0.3) is 10.4 Å². The summed E-state index contributed by atoms with van der Waals surface area (Å²) in [6.45, 7) is 0.343. The molecule has 130 valence electrons. The Bertz CT molecular complexity index is 828. The Morgan fingerprint density at radius 1 is 1.36 bits per heavy atom. The molecule has 25 heavy (non-hydrogen) atoms. The maximum absolute atomic E-state index is 12.3. The topological polar surface area (TPSA) is 143 Å². The third kappa shape index (κ3) is 5.10. The maximum atomic E-state index is 12.3. The molecule has 0 aliphatic rings. The second-order valence-corrected chi connectivity index (χ2v) is 4.94. The van der Waals surface area contributed by atoms with E-state index >= 15 is 0 Å². The SMILES string of the molecule is [N-]=[N+]=NCc1cc(=O)c(OCc2ccccc2)c(C(=O)NCCN)o1. The lowest BCUT2D eigenvalue weighted by atomic mass is 10.2. The highest BCUT2D eigenvalue weighted by molar-refractivity contribution is 5.93. The quantitative estimate of drug-likeness (QED) is 0.426. The van der Waals surface area contributed by atoms with Gasteiger partial charge in [-0.2, -0.15) is 0 Å². The minimum absolute atomic E-state index is 0.0627. The first-order chi connectivity index (χ1) is 12.2. The van der Waals surface area contributed by atoms with Crippen molar-refractivity contribution in [2.75, 3.05) is 13.1 Å². The number of benzene rings is 1. The van der Waals surface area contributed by atoms with Crippen LogP contribution >= 0.6 is 0 Å². The van der Waals surface area contributed by atoms with E-state index < -0.39 is 11.3 Å². The van der Waals surface area contributed by atoms with Crippen molar-refractivity contribution < 1.29 is 13.9 Å². The minimum atomic E-state index is -0.631. The van der Waals surface area contributed by atoms with E-state index in [1.165, 1.54) is 0 Å². The summed E-state index contributed by atoms with van der Waals surface area (Å²) in [6.07, 6.45) is 0. The molecule has 0 bridgehead atoms. The van der Waals surface area contributed by atoms with E-state index in [1.54, 1.807) is 0 Å². The number of azide groups is 1. The first kappa shape index (κ1) is 18.1. The van der Waals surface area contributed by atoms with E-state index in [0.717, 1.165) is 11.6 Å². The number of ether oxygens (including phenoxy) is 1. The number of rotatable bonds is 8. The highest BCUT2D eigenvalue weighted by atomic mass is 16.5. The molecule has 0 spiro atoms. The van der Waals surface area contributed by atoms with Crippen LogP contribution < -0.4 is 21.2 Å². The third-order valence-corrected chi connectivity index (χ3v) is 3.11. The fraction of sp³-hybridized carbons (Fsp3) is 0.250. The lowest BCUT2D eigenvalue weighted by Gasteiger charge is -2.11. The Hall–Kier alpha value is -3.29. The van der Waals surface area contributed by atoms with Crippen LogP contribution in [0.4, 0.5) is 0 Å². The first-order valence-corrected chi connectivity index (χ1v) is 7.48. The summed E-state index contributed by atoms with van der Waals surface area (Å²) in [5.41, 5.74) is 14.0. The summed E-state index contributed by atoms with van der Waals surface area (Å²) in [5, 5.41) is 5.84. The van der Waals surface area contributed by atoms with Gasteiger partial charge >= 0.3 is 0 Å². The number of carbonyl (C=O) groups is 1. The van der Waals surface area contributed by atoms with E-state index in [1.807, 2.05) is 30.3 Å². The van der Waals surface area contributed by atoms with Gasteiger partial charge in [0.15, 0.2) is 0 Å². The summed E-state index contributed by atoms with van der Waals surface area (Å²) >= 11 is 0. The molecule has 1 amide bonds. The third-order valence-electron chi connectivity index (χ3n) is 3.11. The summed E-state index contributed by atoms with van der Waals surface area (Å²) in [7, 11) is 0. The van der Waals surface area contributed by atoms with Crippen molar-refractivity contribution in [2.45, 2.75) is 13.2 Å². The van der Waals surface area contributed by atoms with Crippen molar-refractivity contribution in [3.8, 4) is 5.75 Å². The Morgan fingerprint density at radius 3 is 2.80 bits per heavy atom. The van der Waals surface area contributed by atoms with Gasteiger partial charge in [-0.15, -0.1) is 0 Å². The highest BCUT2D eigenvalue weighted by Gasteiger charge is 2.20. The number of nitrogens with one attached hydrogen (secondary N) is 1. The molecule has 1 aromatic heterocycles. The standard InChI is InChI=1S/C16H17N5O4/c17-6-7-19-16(23)15-14(24-10-11-4-2-1-3-5-11)13(22)8-12(25-15)9-20-21-18/h1-5,8H,6-7,9-10,17H2,(H,19,23). The monoisotopic (exact) mass is 343 g/mol. The molecule has 1 aromatic carbocycles. The molecule has 0 atom stereocenters. The van der Waals surface area contributed by atoms with Gasteiger partial charge in [-0.1, -0.05) is 35.4 Å². The zero-order valence-electron chi connectivity index (χ0n) is 13.3. The van der Waals surface area contributed by atoms with E-state index in [2.05, 4.69) is 15.3 Å². The van der Waals surface area contributed by atoms with Crippen molar-refractivity contribution >= 4 is 5.91 Å². The summed E-state index contributed by atoms with van der Waals surface area (Å²) < 4.78 is 10.9. The first-order valence-electron chi connectivity index (χ1n) is 7.48. The van der Waals surface area contributed by atoms with Gasteiger partial charge in [0.1, 0.15) is 12.4 Å². The molecule has 9 heteroatoms. The van der Waals surface area contributed by atoms with Crippen molar-refractivity contribution in [1.29, 1.82) is 0 Å². The minimum Gasteiger partial charge on any atom is -0.481 e. The average molecular weight is 343 g/mol. The molecule has 1 heterocycles. The number of hydrogen-bond acceptors (Lipinski definition) is 6. The molecular formula is C16H17N5O4. The average Bonchev–Trinajstić information content (AvgIpc) is 2.64. The van der Waals surface area contributed by atoms with Crippen molar-refractivity contribution in [2.24, 2.45) is 10.8 Å². The molecule has 0 saturated heterocycles. The fourth-order valence-electron chi connectivity index (χ4n) is 1.99. The Balaban J connectivity index is 2.32. The van der Waals surface area contributed by atoms with Crippen LogP contribution in [0, 0.1) is 0 Å². The van der Waals surface area contributed by atoms with E-state index in [0.29, 0.717) is 0 Å². The zero-order chi connectivity index (χ0) is 18.1. The molecule has 3 N–H and O–H groups in total. The van der Waals surface area contributed by atoms with Gasteiger partial charge in [-0.25, -0.2) is 0 Å². The molecule has 2 rings (SSSR count). The molecule has 0 radical (unpaired) electrons. The lowest BCUT2D eigenvalue weighted by Crippen LogP contribution is -2.30.